The molecule has 0 saturated carbocycles. The van der Waals surface area contributed by atoms with Crippen molar-refractivity contribution in [3.8, 4) is 5.75 Å². The van der Waals surface area contributed by atoms with Gasteiger partial charge in [0.05, 0.1) is 12.2 Å². The molecule has 4 nitrogen and oxygen atoms in total. The van der Waals surface area contributed by atoms with Gasteiger partial charge in [-0.2, -0.15) is 0 Å². The molecular formula is C12H14O4S. The van der Waals surface area contributed by atoms with Gasteiger partial charge in [0.1, 0.15) is 11.9 Å². The average Bonchev–Trinajstić information content (AvgIpc) is 2.68. The summed E-state index contributed by atoms with van der Waals surface area (Å²) in [6.45, 7) is 0. The summed E-state index contributed by atoms with van der Waals surface area (Å²) in [5.74, 6) is 0.551. The number of para-hydroxylation sites is 1. The van der Waals surface area contributed by atoms with Crippen molar-refractivity contribution in [1.82, 2.24) is 0 Å². The quantitative estimate of drug-likeness (QED) is 0.858. The third-order valence-electron chi connectivity index (χ3n) is 2.63. The van der Waals surface area contributed by atoms with Crippen LogP contribution in [0.15, 0.2) is 24.3 Å². The van der Waals surface area contributed by atoms with Gasteiger partial charge in [-0.15, -0.1) is 0 Å². The first-order valence-electron chi connectivity index (χ1n) is 5.46. The van der Waals surface area contributed by atoms with Crippen LogP contribution in [0.3, 0.4) is 0 Å². The van der Waals surface area contributed by atoms with Crippen molar-refractivity contribution in [2.45, 2.75) is 18.9 Å². The van der Waals surface area contributed by atoms with E-state index in [9.17, 15) is 9.00 Å². The van der Waals surface area contributed by atoms with Crippen LogP contribution in [0.25, 0.3) is 0 Å². The zero-order valence-electron chi connectivity index (χ0n) is 9.30. The summed E-state index contributed by atoms with van der Waals surface area (Å²) in [6.07, 6.45) is 0.628. The van der Waals surface area contributed by atoms with Crippen molar-refractivity contribution in [2.75, 3.05) is 11.5 Å². The second kappa shape index (κ2) is 5.31. The van der Waals surface area contributed by atoms with Crippen molar-refractivity contribution in [3.05, 3.63) is 29.8 Å². The molecule has 2 rings (SSSR count). The fourth-order valence-corrected chi connectivity index (χ4v) is 3.01. The topological polar surface area (TPSA) is 63.6 Å². The lowest BCUT2D eigenvalue weighted by Crippen LogP contribution is -2.23. The highest BCUT2D eigenvalue weighted by atomic mass is 32.2. The molecule has 0 amide bonds. The number of carboxylic acids is 1. The smallest absolute Gasteiger partial charge is 0.304 e. The van der Waals surface area contributed by atoms with E-state index < -0.39 is 16.8 Å². The monoisotopic (exact) mass is 254 g/mol. The van der Waals surface area contributed by atoms with E-state index in [1.54, 1.807) is 0 Å². The number of carbonyl (C=O) groups is 1. The van der Waals surface area contributed by atoms with Gasteiger partial charge in [0.2, 0.25) is 0 Å². The molecule has 1 heterocycles. The minimum atomic E-state index is -1.12. The molecule has 0 fully saturated rings. The minimum Gasteiger partial charge on any atom is -0.489 e. The van der Waals surface area contributed by atoms with E-state index >= 15 is 0 Å². The zero-order valence-corrected chi connectivity index (χ0v) is 10.1. The standard InChI is InChI=1S/C12H14O4S/c13-12(14)5-6-17(15)8-10-7-9-3-1-2-4-11(9)16-10/h1-4,10H,5-8H2,(H,13,14). The number of hydrogen-bond acceptors (Lipinski definition) is 3. The number of hydrogen-bond donors (Lipinski definition) is 1. The van der Waals surface area contributed by atoms with Crippen LogP contribution in [-0.4, -0.2) is 32.9 Å². The van der Waals surface area contributed by atoms with E-state index in [-0.39, 0.29) is 18.3 Å². The Labute approximate surface area is 102 Å². The summed E-state index contributed by atoms with van der Waals surface area (Å²) < 4.78 is 17.3. The predicted molar refractivity (Wildman–Crippen MR) is 64.7 cm³/mol. The second-order valence-corrected chi connectivity index (χ2v) is 5.63. The highest BCUT2D eigenvalue weighted by molar-refractivity contribution is 7.85. The number of ether oxygens (including phenoxy) is 1. The molecule has 1 aliphatic heterocycles. The molecule has 1 N–H and O–H groups in total. The molecule has 1 aliphatic rings. The van der Waals surface area contributed by atoms with Crippen molar-refractivity contribution >= 4 is 16.8 Å². The average molecular weight is 254 g/mol. The molecule has 1 aromatic rings. The molecule has 0 aromatic heterocycles. The molecular weight excluding hydrogens is 240 g/mol. The lowest BCUT2D eigenvalue weighted by atomic mass is 10.1. The molecule has 2 atom stereocenters. The summed E-state index contributed by atoms with van der Waals surface area (Å²) in [5.41, 5.74) is 1.13. The minimum absolute atomic E-state index is 0.0493. The van der Waals surface area contributed by atoms with Gasteiger partial charge < -0.3 is 9.84 Å². The van der Waals surface area contributed by atoms with Gasteiger partial charge in [0.15, 0.2) is 0 Å². The van der Waals surface area contributed by atoms with Crippen LogP contribution in [0.1, 0.15) is 12.0 Å². The Balaban J connectivity index is 1.83. The zero-order chi connectivity index (χ0) is 12.3. The Morgan fingerprint density at radius 1 is 1.47 bits per heavy atom. The summed E-state index contributed by atoms with van der Waals surface area (Å²) in [7, 11) is -1.12. The third kappa shape index (κ3) is 3.30. The number of aliphatic carboxylic acids is 1. The molecule has 0 bridgehead atoms. The summed E-state index contributed by atoms with van der Waals surface area (Å²) >= 11 is 0. The van der Waals surface area contributed by atoms with E-state index in [0.717, 1.165) is 17.7 Å². The van der Waals surface area contributed by atoms with Crippen LogP contribution in [-0.2, 0) is 22.0 Å². The van der Waals surface area contributed by atoms with E-state index in [1.165, 1.54) is 0 Å². The number of benzene rings is 1. The normalized spacial score (nSPS) is 19.4. The highest BCUT2D eigenvalue weighted by Crippen LogP contribution is 2.28. The van der Waals surface area contributed by atoms with Crippen LogP contribution in [0.5, 0.6) is 5.75 Å². The highest BCUT2D eigenvalue weighted by Gasteiger charge is 2.24. The van der Waals surface area contributed by atoms with Crippen LogP contribution in [0.2, 0.25) is 0 Å². The Morgan fingerprint density at radius 3 is 2.94 bits per heavy atom. The first-order chi connectivity index (χ1) is 8.15. The molecule has 0 aliphatic carbocycles. The maximum atomic E-state index is 11.6. The van der Waals surface area contributed by atoms with E-state index in [4.69, 9.17) is 9.84 Å². The van der Waals surface area contributed by atoms with Crippen molar-refractivity contribution < 1.29 is 18.8 Å². The summed E-state index contributed by atoms with van der Waals surface area (Å²) in [5, 5.41) is 8.50. The van der Waals surface area contributed by atoms with Gasteiger partial charge in [0.25, 0.3) is 0 Å². The largest absolute Gasteiger partial charge is 0.489 e. The number of carboxylic acid groups (broad SMARTS) is 1. The maximum absolute atomic E-state index is 11.6. The Hall–Kier alpha value is -1.36. The Morgan fingerprint density at radius 2 is 2.24 bits per heavy atom. The Bertz CT molecular complexity index is 419. The van der Waals surface area contributed by atoms with Crippen molar-refractivity contribution in [1.29, 1.82) is 0 Å². The first-order valence-corrected chi connectivity index (χ1v) is 6.95. The van der Waals surface area contributed by atoms with Gasteiger partial charge in [-0.1, -0.05) is 18.2 Å². The second-order valence-electron chi connectivity index (χ2n) is 4.01. The predicted octanol–water partition coefficient (Wildman–Crippen LogP) is 1.21. The lowest BCUT2D eigenvalue weighted by molar-refractivity contribution is -0.136. The lowest BCUT2D eigenvalue weighted by Gasteiger charge is -2.09. The molecule has 2 unspecified atom stereocenters. The SMILES string of the molecule is O=C(O)CCS(=O)CC1Cc2ccccc2O1. The van der Waals surface area contributed by atoms with Gasteiger partial charge in [-0.05, 0) is 11.6 Å². The molecule has 0 spiro atoms. The maximum Gasteiger partial charge on any atom is 0.304 e. The molecule has 5 heteroatoms. The fourth-order valence-electron chi connectivity index (χ4n) is 1.84. The molecule has 17 heavy (non-hydrogen) atoms. The Kier molecular flexibility index (Phi) is 3.78. The van der Waals surface area contributed by atoms with Gasteiger partial charge >= 0.3 is 5.97 Å². The number of rotatable bonds is 5. The first kappa shape index (κ1) is 12.1. The number of fused-ring (bicyclic) bond motifs is 1. The van der Waals surface area contributed by atoms with Gasteiger partial charge in [-0.3, -0.25) is 9.00 Å². The molecule has 92 valence electrons. The third-order valence-corrected chi connectivity index (χ3v) is 4.03. The molecule has 0 radical (unpaired) electrons. The van der Waals surface area contributed by atoms with Crippen LogP contribution < -0.4 is 4.74 Å². The van der Waals surface area contributed by atoms with Gasteiger partial charge in [0, 0.05) is 23.0 Å². The van der Waals surface area contributed by atoms with E-state index in [2.05, 4.69) is 0 Å². The molecule has 1 aromatic carbocycles. The summed E-state index contributed by atoms with van der Waals surface area (Å²) in [6, 6.07) is 7.75. The van der Waals surface area contributed by atoms with Crippen LogP contribution in [0, 0.1) is 0 Å². The van der Waals surface area contributed by atoms with Gasteiger partial charge in [-0.25, -0.2) is 0 Å². The van der Waals surface area contributed by atoms with E-state index in [1.807, 2.05) is 24.3 Å². The van der Waals surface area contributed by atoms with E-state index in [0.29, 0.717) is 5.75 Å². The molecule has 0 saturated heterocycles. The summed E-state index contributed by atoms with van der Waals surface area (Å²) in [4.78, 5) is 10.4. The van der Waals surface area contributed by atoms with Crippen molar-refractivity contribution in [3.63, 3.8) is 0 Å². The van der Waals surface area contributed by atoms with Crippen LogP contribution in [0.4, 0.5) is 0 Å². The fraction of sp³-hybridized carbons (Fsp3) is 0.417. The van der Waals surface area contributed by atoms with Crippen molar-refractivity contribution in [2.24, 2.45) is 0 Å². The van der Waals surface area contributed by atoms with Crippen LogP contribution >= 0.6 is 0 Å².